The van der Waals surface area contributed by atoms with Crippen LogP contribution in [0.4, 0.5) is 4.39 Å². The first kappa shape index (κ1) is 20.4. The van der Waals surface area contributed by atoms with Crippen LogP contribution < -0.4 is 11.5 Å². The summed E-state index contributed by atoms with van der Waals surface area (Å²) in [5.74, 6) is 0.403. The Hall–Kier alpha value is -3.46. The predicted molar refractivity (Wildman–Crippen MR) is 123 cm³/mol. The number of furan rings is 1. The minimum atomic E-state index is -0.576. The molecule has 0 aliphatic carbocycles. The average Bonchev–Trinajstić information content (AvgIpc) is 3.48. The van der Waals surface area contributed by atoms with Gasteiger partial charge >= 0.3 is 0 Å². The topological polar surface area (TPSA) is 104 Å². The number of thiophene rings is 1. The Labute approximate surface area is 187 Å². The minimum absolute atomic E-state index is 0.237. The number of hydrogen-bond donors (Lipinski definition) is 2. The van der Waals surface area contributed by atoms with Crippen LogP contribution >= 0.6 is 11.3 Å². The highest BCUT2D eigenvalue weighted by atomic mass is 32.1. The Morgan fingerprint density at radius 3 is 2.59 bits per heavy atom. The fraction of sp³-hybridized carbons (Fsp3) is 0.125. The molecule has 0 saturated heterocycles. The van der Waals surface area contributed by atoms with Gasteiger partial charge in [0.2, 0.25) is 0 Å². The summed E-state index contributed by atoms with van der Waals surface area (Å²) in [6.07, 6.45) is 4.84. The lowest BCUT2D eigenvalue weighted by molar-refractivity contribution is 0.536. The number of benzene rings is 1. The van der Waals surface area contributed by atoms with Crippen molar-refractivity contribution in [1.82, 2.24) is 15.0 Å². The highest BCUT2D eigenvalue weighted by molar-refractivity contribution is 7.17. The van der Waals surface area contributed by atoms with Crippen LogP contribution in [0, 0.1) is 5.82 Å². The van der Waals surface area contributed by atoms with Gasteiger partial charge in [-0.15, -0.1) is 11.3 Å². The summed E-state index contributed by atoms with van der Waals surface area (Å²) in [5, 5.41) is 1.95. The molecule has 2 unspecified atom stereocenters. The summed E-state index contributed by atoms with van der Waals surface area (Å²) in [6.45, 7) is 0. The van der Waals surface area contributed by atoms with Crippen LogP contribution in [-0.4, -0.2) is 21.0 Å². The van der Waals surface area contributed by atoms with Gasteiger partial charge in [0.1, 0.15) is 5.76 Å². The van der Waals surface area contributed by atoms with Crippen LogP contribution in [-0.2, 0) is 6.42 Å². The maximum atomic E-state index is 14.5. The molecule has 160 valence electrons. The van der Waals surface area contributed by atoms with Crippen LogP contribution in [0.2, 0.25) is 0 Å². The monoisotopic (exact) mass is 445 g/mol. The Morgan fingerprint density at radius 2 is 1.84 bits per heavy atom. The summed E-state index contributed by atoms with van der Waals surface area (Å²) < 4.78 is 20.9. The molecule has 2 atom stereocenters. The number of nitrogens with two attached hydrogens (primary N) is 2. The van der Waals surface area contributed by atoms with Gasteiger partial charge in [0.25, 0.3) is 0 Å². The number of aromatic nitrogens is 3. The third-order valence-corrected chi connectivity index (χ3v) is 6.32. The standard InChI is InChI=1S/C24H20FN5OS/c25-17-12-28-9-8-15(17)24-29-21-16(19-7-4-10-31-19)13-32-23(21)22(30-24)20(27)18(26)11-14-5-2-1-3-6-14/h1-10,12-13,18,20H,11,26-27H2. The van der Waals surface area contributed by atoms with Crippen molar-refractivity contribution < 1.29 is 8.81 Å². The molecule has 0 aliphatic heterocycles. The molecule has 5 aromatic rings. The Bertz CT molecular complexity index is 1350. The summed E-state index contributed by atoms with van der Waals surface area (Å²) in [5.41, 5.74) is 16.5. The first-order chi connectivity index (χ1) is 15.6. The van der Waals surface area contributed by atoms with E-state index in [4.69, 9.17) is 15.9 Å². The number of halogens is 1. The molecule has 6 nitrogen and oxygen atoms in total. The van der Waals surface area contributed by atoms with Gasteiger partial charge in [-0.3, -0.25) is 4.98 Å². The number of rotatable bonds is 6. The van der Waals surface area contributed by atoms with Crippen molar-refractivity contribution in [1.29, 1.82) is 0 Å². The van der Waals surface area contributed by atoms with Gasteiger partial charge in [-0.1, -0.05) is 30.3 Å². The van der Waals surface area contributed by atoms with Crippen LogP contribution in [0.15, 0.2) is 77.0 Å². The third kappa shape index (κ3) is 3.80. The molecule has 0 spiro atoms. The smallest absolute Gasteiger partial charge is 0.163 e. The third-order valence-electron chi connectivity index (χ3n) is 5.33. The molecular weight excluding hydrogens is 425 g/mol. The summed E-state index contributed by atoms with van der Waals surface area (Å²) in [7, 11) is 0. The van der Waals surface area contributed by atoms with Gasteiger partial charge in [-0.25, -0.2) is 14.4 Å². The van der Waals surface area contributed by atoms with Crippen molar-refractivity contribution in [3.8, 4) is 22.7 Å². The fourth-order valence-corrected chi connectivity index (χ4v) is 4.70. The molecule has 32 heavy (non-hydrogen) atoms. The zero-order valence-electron chi connectivity index (χ0n) is 17.0. The van der Waals surface area contributed by atoms with E-state index in [0.717, 1.165) is 22.0 Å². The lowest BCUT2D eigenvalue weighted by atomic mass is 9.98. The second-order valence-electron chi connectivity index (χ2n) is 7.47. The van der Waals surface area contributed by atoms with E-state index in [0.29, 0.717) is 23.4 Å². The lowest BCUT2D eigenvalue weighted by Crippen LogP contribution is -2.36. The van der Waals surface area contributed by atoms with Crippen molar-refractivity contribution in [2.45, 2.75) is 18.5 Å². The van der Waals surface area contributed by atoms with Crippen LogP contribution in [0.5, 0.6) is 0 Å². The van der Waals surface area contributed by atoms with Crippen LogP contribution in [0.25, 0.3) is 32.9 Å². The maximum Gasteiger partial charge on any atom is 0.163 e. The van der Waals surface area contributed by atoms with Gasteiger partial charge < -0.3 is 15.9 Å². The van der Waals surface area contributed by atoms with Gasteiger partial charge in [0.05, 0.1) is 45.5 Å². The second kappa shape index (κ2) is 8.58. The van der Waals surface area contributed by atoms with Crippen LogP contribution in [0.1, 0.15) is 17.3 Å². The molecule has 4 N–H and O–H groups in total. The summed E-state index contributed by atoms with van der Waals surface area (Å²) in [4.78, 5) is 13.2. The molecule has 1 aromatic carbocycles. The van der Waals surface area contributed by atoms with Crippen LogP contribution in [0.3, 0.4) is 0 Å². The fourth-order valence-electron chi connectivity index (χ4n) is 3.67. The molecule has 4 heterocycles. The Kier molecular flexibility index (Phi) is 5.48. The summed E-state index contributed by atoms with van der Waals surface area (Å²) in [6, 6.07) is 14.2. The molecule has 8 heteroatoms. The molecule has 4 aromatic heterocycles. The van der Waals surface area contributed by atoms with E-state index < -0.39 is 11.9 Å². The number of fused-ring (bicyclic) bond motifs is 1. The van der Waals surface area contributed by atoms with E-state index in [2.05, 4.69) is 15.0 Å². The Balaban J connectivity index is 1.64. The van der Waals surface area contributed by atoms with Gasteiger partial charge in [0, 0.05) is 17.6 Å². The lowest BCUT2D eigenvalue weighted by Gasteiger charge is -2.21. The molecule has 0 fully saturated rings. The number of hydrogen-bond acceptors (Lipinski definition) is 7. The van der Waals surface area contributed by atoms with Gasteiger partial charge in [0.15, 0.2) is 11.6 Å². The van der Waals surface area contributed by atoms with Crippen molar-refractivity contribution >= 4 is 21.6 Å². The minimum Gasteiger partial charge on any atom is -0.464 e. The molecule has 5 rings (SSSR count). The van der Waals surface area contributed by atoms with E-state index in [1.165, 1.54) is 17.5 Å². The first-order valence-electron chi connectivity index (χ1n) is 10.1. The van der Waals surface area contributed by atoms with E-state index in [9.17, 15) is 4.39 Å². The van der Waals surface area contributed by atoms with Gasteiger partial charge in [-0.05, 0) is 30.2 Å². The van der Waals surface area contributed by atoms with Crippen molar-refractivity contribution in [2.24, 2.45) is 11.5 Å². The van der Waals surface area contributed by atoms with Crippen molar-refractivity contribution in [2.75, 3.05) is 0 Å². The first-order valence-corrected chi connectivity index (χ1v) is 11.0. The SMILES string of the molecule is NC(Cc1ccccc1)C(N)c1nc(-c2ccncc2F)nc2c(-c3ccco3)csc12. The molecule has 0 aliphatic rings. The normalized spacial score (nSPS) is 13.3. The summed E-state index contributed by atoms with van der Waals surface area (Å²) >= 11 is 1.47. The molecule has 0 saturated carbocycles. The van der Waals surface area contributed by atoms with E-state index in [1.54, 1.807) is 12.3 Å². The van der Waals surface area contributed by atoms with Crippen molar-refractivity contribution in [3.05, 3.63) is 89.6 Å². The van der Waals surface area contributed by atoms with E-state index >= 15 is 0 Å². The number of nitrogens with zero attached hydrogens (tertiary/aromatic N) is 3. The quantitative estimate of drug-likeness (QED) is 0.392. The molecular formula is C24H20FN5OS. The highest BCUT2D eigenvalue weighted by Crippen LogP contribution is 2.38. The predicted octanol–water partition coefficient (Wildman–Crippen LogP) is 4.72. The zero-order chi connectivity index (χ0) is 22.1. The zero-order valence-corrected chi connectivity index (χ0v) is 17.8. The molecule has 0 bridgehead atoms. The van der Waals surface area contributed by atoms with E-state index in [1.807, 2.05) is 47.8 Å². The highest BCUT2D eigenvalue weighted by Gasteiger charge is 2.25. The van der Waals surface area contributed by atoms with Crippen molar-refractivity contribution in [3.63, 3.8) is 0 Å². The van der Waals surface area contributed by atoms with Gasteiger partial charge in [-0.2, -0.15) is 0 Å². The maximum absolute atomic E-state index is 14.5. The second-order valence-corrected chi connectivity index (χ2v) is 8.35. The molecule has 0 amide bonds. The average molecular weight is 446 g/mol. The van der Waals surface area contributed by atoms with E-state index in [-0.39, 0.29) is 17.4 Å². The molecule has 0 radical (unpaired) electrons. The number of pyridine rings is 1. The largest absolute Gasteiger partial charge is 0.464 e. The Morgan fingerprint density at radius 1 is 1.00 bits per heavy atom.